The van der Waals surface area contributed by atoms with Crippen LogP contribution in [-0.2, 0) is 9.59 Å². The molecule has 2 rings (SSSR count). The van der Waals surface area contributed by atoms with Gasteiger partial charge in [0.2, 0.25) is 5.91 Å². The first-order chi connectivity index (χ1) is 11.6. The van der Waals surface area contributed by atoms with Gasteiger partial charge in [-0.15, -0.1) is 0 Å². The Kier molecular flexibility index (Phi) is 5.90. The van der Waals surface area contributed by atoms with Gasteiger partial charge in [0.15, 0.2) is 0 Å². The zero-order chi connectivity index (χ0) is 17.4. The standard InChI is InChI=1S/C17H17N3O4/c1-2-15(21)18-13-7-5-12(6-8-13)17(23)20-19-16(22)10-9-14-4-3-11-24-14/h3-11H,2H2,1H3,(H,18,21)(H,19,22)(H,20,23). The summed E-state index contributed by atoms with van der Waals surface area (Å²) in [7, 11) is 0. The van der Waals surface area contributed by atoms with E-state index in [0.717, 1.165) is 0 Å². The van der Waals surface area contributed by atoms with Gasteiger partial charge in [0.25, 0.3) is 11.8 Å². The van der Waals surface area contributed by atoms with Gasteiger partial charge in [0.05, 0.1) is 6.26 Å². The summed E-state index contributed by atoms with van der Waals surface area (Å²) in [5.74, 6) is -0.543. The Morgan fingerprint density at radius 1 is 1.08 bits per heavy atom. The number of carbonyl (C=O) groups is 3. The van der Waals surface area contributed by atoms with Crippen molar-refractivity contribution < 1.29 is 18.8 Å². The number of hydrogen-bond acceptors (Lipinski definition) is 4. The molecule has 24 heavy (non-hydrogen) atoms. The Hall–Kier alpha value is -3.35. The summed E-state index contributed by atoms with van der Waals surface area (Å²) in [5.41, 5.74) is 5.50. The molecule has 0 fully saturated rings. The molecule has 0 atom stereocenters. The van der Waals surface area contributed by atoms with Crippen molar-refractivity contribution >= 4 is 29.5 Å². The first kappa shape index (κ1) is 17.0. The van der Waals surface area contributed by atoms with Crippen LogP contribution in [0.5, 0.6) is 0 Å². The number of nitrogens with one attached hydrogen (secondary N) is 3. The zero-order valence-electron chi connectivity index (χ0n) is 13.0. The third-order valence-corrected chi connectivity index (χ3v) is 2.99. The predicted octanol–water partition coefficient (Wildman–Crippen LogP) is 2.10. The second kappa shape index (κ2) is 8.33. The quantitative estimate of drug-likeness (QED) is 0.578. The molecule has 1 heterocycles. The Labute approximate surface area is 138 Å². The predicted molar refractivity (Wildman–Crippen MR) is 88.7 cm³/mol. The minimum atomic E-state index is -0.494. The molecule has 3 amide bonds. The Bertz CT molecular complexity index is 734. The smallest absolute Gasteiger partial charge is 0.269 e. The second-order valence-electron chi connectivity index (χ2n) is 4.77. The molecule has 0 unspecified atom stereocenters. The molecule has 0 radical (unpaired) electrons. The summed E-state index contributed by atoms with van der Waals surface area (Å²) in [6.45, 7) is 1.75. The van der Waals surface area contributed by atoms with E-state index in [9.17, 15) is 14.4 Å². The fraction of sp³-hybridized carbons (Fsp3) is 0.118. The van der Waals surface area contributed by atoms with Gasteiger partial charge >= 0.3 is 0 Å². The molecule has 0 bridgehead atoms. The van der Waals surface area contributed by atoms with Crippen molar-refractivity contribution in [2.45, 2.75) is 13.3 Å². The van der Waals surface area contributed by atoms with Gasteiger partial charge in [-0.1, -0.05) is 6.92 Å². The molecule has 1 aromatic carbocycles. The molecule has 0 aliphatic heterocycles. The maximum absolute atomic E-state index is 11.9. The lowest BCUT2D eigenvalue weighted by atomic mass is 10.2. The van der Waals surface area contributed by atoms with Gasteiger partial charge in [-0.25, -0.2) is 0 Å². The molecule has 0 saturated carbocycles. The number of rotatable bonds is 5. The first-order valence-corrected chi connectivity index (χ1v) is 7.30. The second-order valence-corrected chi connectivity index (χ2v) is 4.77. The topological polar surface area (TPSA) is 100 Å². The number of amides is 3. The van der Waals surface area contributed by atoms with E-state index in [4.69, 9.17) is 4.42 Å². The van der Waals surface area contributed by atoms with Crippen LogP contribution >= 0.6 is 0 Å². The summed E-state index contributed by atoms with van der Waals surface area (Å²) in [6, 6.07) is 9.71. The zero-order valence-corrected chi connectivity index (χ0v) is 13.0. The molecule has 124 valence electrons. The first-order valence-electron chi connectivity index (χ1n) is 7.30. The molecule has 0 saturated heterocycles. The molecule has 7 heteroatoms. The lowest BCUT2D eigenvalue weighted by Crippen LogP contribution is -2.40. The van der Waals surface area contributed by atoms with Crippen molar-refractivity contribution in [2.75, 3.05) is 5.32 Å². The van der Waals surface area contributed by atoms with Crippen LogP contribution in [0, 0.1) is 0 Å². The maximum atomic E-state index is 11.9. The highest BCUT2D eigenvalue weighted by Gasteiger charge is 2.07. The number of hydrogen-bond donors (Lipinski definition) is 3. The van der Waals surface area contributed by atoms with Gasteiger partial charge in [0.1, 0.15) is 5.76 Å². The fourth-order valence-electron chi connectivity index (χ4n) is 1.73. The molecule has 3 N–H and O–H groups in total. The van der Waals surface area contributed by atoms with Crippen molar-refractivity contribution in [1.29, 1.82) is 0 Å². The van der Waals surface area contributed by atoms with Crippen molar-refractivity contribution in [1.82, 2.24) is 10.9 Å². The van der Waals surface area contributed by atoms with E-state index in [2.05, 4.69) is 16.2 Å². The van der Waals surface area contributed by atoms with Crippen LogP contribution in [0.4, 0.5) is 5.69 Å². The van der Waals surface area contributed by atoms with E-state index in [1.54, 1.807) is 43.3 Å². The van der Waals surface area contributed by atoms with Crippen LogP contribution in [-0.4, -0.2) is 17.7 Å². The van der Waals surface area contributed by atoms with Gasteiger partial charge in [-0.2, -0.15) is 0 Å². The van der Waals surface area contributed by atoms with Crippen LogP contribution in [0.3, 0.4) is 0 Å². The summed E-state index contributed by atoms with van der Waals surface area (Å²) >= 11 is 0. The molecule has 0 aliphatic rings. The van der Waals surface area contributed by atoms with Gasteiger partial charge in [-0.3, -0.25) is 25.2 Å². The van der Waals surface area contributed by atoms with Crippen molar-refractivity contribution in [3.8, 4) is 0 Å². The molecule has 0 aliphatic carbocycles. The molecular weight excluding hydrogens is 310 g/mol. The van der Waals surface area contributed by atoms with E-state index in [0.29, 0.717) is 23.4 Å². The molecule has 2 aromatic rings. The minimum absolute atomic E-state index is 0.109. The van der Waals surface area contributed by atoms with Gasteiger partial charge in [-0.05, 0) is 42.5 Å². The van der Waals surface area contributed by atoms with Crippen LogP contribution in [0.1, 0.15) is 29.5 Å². The van der Waals surface area contributed by atoms with Gasteiger partial charge in [0, 0.05) is 23.7 Å². The van der Waals surface area contributed by atoms with E-state index in [-0.39, 0.29) is 5.91 Å². The molecule has 0 spiro atoms. The lowest BCUT2D eigenvalue weighted by molar-refractivity contribution is -0.117. The van der Waals surface area contributed by atoms with Crippen LogP contribution in [0.2, 0.25) is 0 Å². The Morgan fingerprint density at radius 3 is 2.46 bits per heavy atom. The fourth-order valence-corrected chi connectivity index (χ4v) is 1.73. The van der Waals surface area contributed by atoms with E-state index >= 15 is 0 Å². The van der Waals surface area contributed by atoms with E-state index in [1.165, 1.54) is 18.4 Å². The molecule has 7 nitrogen and oxygen atoms in total. The van der Waals surface area contributed by atoms with Gasteiger partial charge < -0.3 is 9.73 Å². The largest absolute Gasteiger partial charge is 0.465 e. The van der Waals surface area contributed by atoms with Crippen LogP contribution in [0.25, 0.3) is 6.08 Å². The van der Waals surface area contributed by atoms with Crippen molar-refractivity contribution in [3.05, 3.63) is 60.1 Å². The van der Waals surface area contributed by atoms with Crippen molar-refractivity contribution in [2.24, 2.45) is 0 Å². The van der Waals surface area contributed by atoms with E-state index < -0.39 is 11.8 Å². The Morgan fingerprint density at radius 2 is 1.83 bits per heavy atom. The summed E-state index contributed by atoms with van der Waals surface area (Å²) in [6.07, 6.45) is 4.58. The average Bonchev–Trinajstić information content (AvgIpc) is 3.12. The maximum Gasteiger partial charge on any atom is 0.269 e. The third-order valence-electron chi connectivity index (χ3n) is 2.99. The number of furan rings is 1. The summed E-state index contributed by atoms with van der Waals surface area (Å²) < 4.78 is 5.04. The number of carbonyl (C=O) groups excluding carboxylic acids is 3. The Balaban J connectivity index is 1.83. The normalized spacial score (nSPS) is 10.4. The highest BCUT2D eigenvalue weighted by molar-refractivity contribution is 5.98. The minimum Gasteiger partial charge on any atom is -0.465 e. The molecule has 1 aromatic heterocycles. The lowest BCUT2D eigenvalue weighted by Gasteiger charge is -2.07. The number of benzene rings is 1. The average molecular weight is 327 g/mol. The number of anilines is 1. The summed E-state index contributed by atoms with van der Waals surface area (Å²) in [4.78, 5) is 34.8. The number of hydrazine groups is 1. The third kappa shape index (κ3) is 5.13. The van der Waals surface area contributed by atoms with E-state index in [1.807, 2.05) is 0 Å². The highest BCUT2D eigenvalue weighted by atomic mass is 16.3. The van der Waals surface area contributed by atoms with Crippen LogP contribution in [0.15, 0.2) is 53.2 Å². The van der Waals surface area contributed by atoms with Crippen molar-refractivity contribution in [3.63, 3.8) is 0 Å². The monoisotopic (exact) mass is 327 g/mol. The highest BCUT2D eigenvalue weighted by Crippen LogP contribution is 2.09. The summed E-state index contributed by atoms with van der Waals surface area (Å²) in [5, 5.41) is 2.68. The molecular formula is C17H17N3O4. The SMILES string of the molecule is CCC(=O)Nc1ccc(C(=O)NNC(=O)C=Cc2ccco2)cc1. The van der Waals surface area contributed by atoms with Crippen LogP contribution < -0.4 is 16.2 Å².